The van der Waals surface area contributed by atoms with E-state index in [-0.39, 0.29) is 0 Å². The maximum atomic E-state index is 11.7. The Morgan fingerprint density at radius 2 is 1.90 bits per heavy atom. The van der Waals surface area contributed by atoms with Crippen LogP contribution in [-0.4, -0.2) is 37.0 Å². The minimum absolute atomic E-state index is 0.292. The molecule has 0 atom stereocenters. The van der Waals surface area contributed by atoms with Gasteiger partial charge in [0.05, 0.1) is 6.61 Å². The molecule has 0 unspecified atom stereocenters. The number of amides is 1. The number of rotatable bonds is 11. The van der Waals surface area contributed by atoms with Crippen molar-refractivity contribution in [1.82, 2.24) is 10.2 Å². The molecule has 1 aliphatic heterocycles. The van der Waals surface area contributed by atoms with Crippen LogP contribution in [0.3, 0.4) is 0 Å². The summed E-state index contributed by atoms with van der Waals surface area (Å²) in [7, 11) is 0. The van der Waals surface area contributed by atoms with Gasteiger partial charge in [-0.1, -0.05) is 45.8 Å². The molecular weight excluding hydrogens is 444 g/mol. The minimum atomic E-state index is 0.292. The summed E-state index contributed by atoms with van der Waals surface area (Å²) in [5.41, 5.74) is 3.49. The molecule has 30 heavy (non-hydrogen) atoms. The molecule has 6 heteroatoms. The molecule has 1 amide bonds. The monoisotopic (exact) mass is 474 g/mol. The van der Waals surface area contributed by atoms with Gasteiger partial charge in [-0.2, -0.15) is 0 Å². The number of aryl methyl sites for hydroxylation is 1. The molecule has 1 fully saturated rings. The third-order valence-electron chi connectivity index (χ3n) is 5.20. The molecule has 0 bridgehead atoms. The molecule has 0 spiro atoms. The van der Waals surface area contributed by atoms with E-state index in [0.717, 1.165) is 66.1 Å². The fourth-order valence-electron chi connectivity index (χ4n) is 3.50. The van der Waals surface area contributed by atoms with E-state index in [1.165, 1.54) is 5.56 Å². The quantitative estimate of drug-likeness (QED) is 0.473. The number of likely N-dealkylation sites (tertiary alicyclic amines) is 1. The van der Waals surface area contributed by atoms with Gasteiger partial charge >= 0.3 is 0 Å². The first-order valence-corrected chi connectivity index (χ1v) is 11.5. The summed E-state index contributed by atoms with van der Waals surface area (Å²) >= 11 is 3.67. The SMILES string of the molecule is CCOc1cc(CNCCCN2CCCC2=O)c(Br)cc1OCc1ccc(C)cc1. The van der Waals surface area contributed by atoms with Crippen LogP contribution in [-0.2, 0) is 17.9 Å². The summed E-state index contributed by atoms with van der Waals surface area (Å²) in [5.74, 6) is 1.79. The number of carbonyl (C=O) groups is 1. The Bertz CT molecular complexity index is 839. The number of hydrogen-bond acceptors (Lipinski definition) is 4. The molecule has 5 nitrogen and oxygen atoms in total. The van der Waals surface area contributed by atoms with Crippen molar-refractivity contribution in [2.75, 3.05) is 26.2 Å². The van der Waals surface area contributed by atoms with Crippen molar-refractivity contribution in [1.29, 1.82) is 0 Å². The van der Waals surface area contributed by atoms with Gasteiger partial charge in [-0.15, -0.1) is 0 Å². The van der Waals surface area contributed by atoms with Crippen LogP contribution in [0.4, 0.5) is 0 Å². The van der Waals surface area contributed by atoms with Crippen molar-refractivity contribution >= 4 is 21.8 Å². The first kappa shape index (κ1) is 22.6. The highest BCUT2D eigenvalue weighted by Gasteiger charge is 2.19. The van der Waals surface area contributed by atoms with Gasteiger partial charge in [-0.05, 0) is 56.5 Å². The van der Waals surface area contributed by atoms with Gasteiger partial charge in [0.25, 0.3) is 0 Å². The number of halogens is 1. The van der Waals surface area contributed by atoms with Crippen LogP contribution < -0.4 is 14.8 Å². The van der Waals surface area contributed by atoms with E-state index < -0.39 is 0 Å². The fraction of sp³-hybridized carbons (Fsp3) is 0.458. The highest BCUT2D eigenvalue weighted by Crippen LogP contribution is 2.34. The van der Waals surface area contributed by atoms with Crippen LogP contribution in [0.5, 0.6) is 11.5 Å². The Morgan fingerprint density at radius 1 is 1.13 bits per heavy atom. The number of carbonyl (C=O) groups excluding carboxylic acids is 1. The fourth-order valence-corrected chi connectivity index (χ4v) is 3.96. The summed E-state index contributed by atoms with van der Waals surface area (Å²) in [5, 5.41) is 3.47. The van der Waals surface area contributed by atoms with Crippen LogP contribution in [0.2, 0.25) is 0 Å². The molecule has 0 saturated carbocycles. The van der Waals surface area contributed by atoms with Gasteiger partial charge in [0.1, 0.15) is 6.61 Å². The molecule has 0 aromatic heterocycles. The molecule has 3 rings (SSSR count). The summed E-state index contributed by atoms with van der Waals surface area (Å²) in [6.45, 7) is 8.48. The molecule has 1 heterocycles. The first-order chi connectivity index (χ1) is 14.6. The number of nitrogens with zero attached hydrogens (tertiary/aromatic N) is 1. The maximum Gasteiger partial charge on any atom is 0.222 e. The van der Waals surface area contributed by atoms with Crippen molar-refractivity contribution < 1.29 is 14.3 Å². The Labute approximate surface area is 187 Å². The minimum Gasteiger partial charge on any atom is -0.490 e. The molecule has 0 aliphatic carbocycles. The van der Waals surface area contributed by atoms with Crippen molar-refractivity contribution in [3.63, 3.8) is 0 Å². The van der Waals surface area contributed by atoms with Crippen molar-refractivity contribution in [2.45, 2.75) is 46.3 Å². The topological polar surface area (TPSA) is 50.8 Å². The standard InChI is InChI=1S/C24H31BrN2O3/c1-3-29-22-14-20(16-26-11-5-13-27-12-4-6-24(27)28)21(25)15-23(22)30-17-19-9-7-18(2)8-10-19/h7-10,14-15,26H,3-6,11-13,16-17H2,1-2H3. The van der Waals surface area contributed by atoms with E-state index in [2.05, 4.69) is 52.4 Å². The Kier molecular flexibility index (Phi) is 8.58. The second-order valence-electron chi connectivity index (χ2n) is 7.61. The van der Waals surface area contributed by atoms with E-state index >= 15 is 0 Å². The van der Waals surface area contributed by atoms with Crippen LogP contribution >= 0.6 is 15.9 Å². The average molecular weight is 475 g/mol. The summed E-state index contributed by atoms with van der Waals surface area (Å²) < 4.78 is 12.9. The second-order valence-corrected chi connectivity index (χ2v) is 8.47. The van der Waals surface area contributed by atoms with Gasteiger partial charge in [0, 0.05) is 30.5 Å². The van der Waals surface area contributed by atoms with Crippen molar-refractivity contribution in [2.24, 2.45) is 0 Å². The number of nitrogens with one attached hydrogen (secondary N) is 1. The van der Waals surface area contributed by atoms with E-state index in [1.54, 1.807) is 0 Å². The van der Waals surface area contributed by atoms with Crippen LogP contribution in [0, 0.1) is 6.92 Å². The zero-order valence-corrected chi connectivity index (χ0v) is 19.5. The molecule has 1 N–H and O–H groups in total. The molecule has 0 radical (unpaired) electrons. The van der Waals surface area contributed by atoms with Gasteiger partial charge in [-0.3, -0.25) is 4.79 Å². The maximum absolute atomic E-state index is 11.7. The van der Waals surface area contributed by atoms with Crippen LogP contribution in [0.25, 0.3) is 0 Å². The summed E-state index contributed by atoms with van der Waals surface area (Å²) in [6.07, 6.45) is 2.66. The molecule has 2 aromatic carbocycles. The number of hydrogen-bond donors (Lipinski definition) is 1. The predicted octanol–water partition coefficient (Wildman–Crippen LogP) is 4.84. The highest BCUT2D eigenvalue weighted by atomic mass is 79.9. The third kappa shape index (κ3) is 6.47. The molecular formula is C24H31BrN2O3. The second kappa shape index (κ2) is 11.4. The Balaban J connectivity index is 1.53. The molecule has 1 saturated heterocycles. The Hall–Kier alpha value is -2.05. The molecule has 1 aliphatic rings. The smallest absolute Gasteiger partial charge is 0.222 e. The van der Waals surface area contributed by atoms with Crippen molar-refractivity contribution in [3.8, 4) is 11.5 Å². The van der Waals surface area contributed by atoms with Crippen molar-refractivity contribution in [3.05, 3.63) is 57.6 Å². The van der Waals surface area contributed by atoms with Crippen LogP contribution in [0.15, 0.2) is 40.9 Å². The zero-order chi connectivity index (χ0) is 21.3. The predicted molar refractivity (Wildman–Crippen MR) is 123 cm³/mol. The van der Waals surface area contributed by atoms with E-state index in [4.69, 9.17) is 9.47 Å². The lowest BCUT2D eigenvalue weighted by Crippen LogP contribution is -2.28. The third-order valence-corrected chi connectivity index (χ3v) is 5.93. The largest absolute Gasteiger partial charge is 0.490 e. The summed E-state index contributed by atoms with van der Waals surface area (Å²) in [4.78, 5) is 13.6. The lowest BCUT2D eigenvalue weighted by atomic mass is 10.1. The molecule has 2 aromatic rings. The number of benzene rings is 2. The lowest BCUT2D eigenvalue weighted by molar-refractivity contribution is -0.127. The van der Waals surface area contributed by atoms with E-state index in [1.807, 2.05) is 24.0 Å². The first-order valence-electron chi connectivity index (χ1n) is 10.7. The Morgan fingerprint density at radius 3 is 2.60 bits per heavy atom. The molecule has 162 valence electrons. The van der Waals surface area contributed by atoms with E-state index in [9.17, 15) is 4.79 Å². The number of ether oxygens (including phenoxy) is 2. The van der Waals surface area contributed by atoms with E-state index in [0.29, 0.717) is 25.5 Å². The van der Waals surface area contributed by atoms with Gasteiger partial charge in [0.2, 0.25) is 5.91 Å². The normalized spacial score (nSPS) is 13.7. The lowest BCUT2D eigenvalue weighted by Gasteiger charge is -2.17. The average Bonchev–Trinajstić information content (AvgIpc) is 3.14. The summed E-state index contributed by atoms with van der Waals surface area (Å²) in [6, 6.07) is 12.4. The zero-order valence-electron chi connectivity index (χ0n) is 17.9. The van der Waals surface area contributed by atoms with Gasteiger partial charge in [0.15, 0.2) is 11.5 Å². The highest BCUT2D eigenvalue weighted by molar-refractivity contribution is 9.10. The van der Waals surface area contributed by atoms with Gasteiger partial charge < -0.3 is 19.7 Å². The van der Waals surface area contributed by atoms with Crippen LogP contribution in [0.1, 0.15) is 42.9 Å². The van der Waals surface area contributed by atoms with Gasteiger partial charge in [-0.25, -0.2) is 0 Å².